The number of amides is 4. The zero-order valence-electron chi connectivity index (χ0n) is 19.4. The normalized spacial score (nSPS) is 17.4. The maximum Gasteiger partial charge on any atom is 0.267 e. The van der Waals surface area contributed by atoms with E-state index in [2.05, 4.69) is 55.8 Å². The van der Waals surface area contributed by atoms with Crippen molar-refractivity contribution in [2.24, 2.45) is 0 Å². The summed E-state index contributed by atoms with van der Waals surface area (Å²) in [6, 6.07) is 14.7. The summed E-state index contributed by atoms with van der Waals surface area (Å²) in [6.07, 6.45) is 0.0880. The predicted octanol–water partition coefficient (Wildman–Crippen LogP) is 5.19. The van der Waals surface area contributed by atoms with E-state index in [1.54, 1.807) is 24.3 Å². The van der Waals surface area contributed by atoms with Crippen LogP contribution in [0.1, 0.15) is 12.8 Å². The number of hydrogen-bond acceptors (Lipinski definition) is 8. The van der Waals surface area contributed by atoms with E-state index in [1.165, 1.54) is 9.80 Å². The highest BCUT2D eigenvalue weighted by molar-refractivity contribution is 14.1. The highest BCUT2D eigenvalue weighted by Crippen LogP contribution is 2.42. The van der Waals surface area contributed by atoms with E-state index in [9.17, 15) is 19.2 Å². The molecule has 2 N–H and O–H groups in total. The lowest BCUT2D eigenvalue weighted by molar-refractivity contribution is -0.125. The molecule has 4 rings (SSSR count). The minimum Gasteiger partial charge on any atom is -0.326 e. The Morgan fingerprint density at radius 2 is 1.03 bits per heavy atom. The summed E-state index contributed by atoms with van der Waals surface area (Å²) in [5.41, 5.74) is 1.33. The number of thiocarbonyl (C=S) groups is 2. The van der Waals surface area contributed by atoms with E-state index in [-0.39, 0.29) is 56.2 Å². The summed E-state index contributed by atoms with van der Waals surface area (Å²) in [4.78, 5) is 54.0. The molecule has 14 heteroatoms. The van der Waals surface area contributed by atoms with E-state index in [4.69, 9.17) is 24.4 Å². The number of carbonyl (C=O) groups excluding carboxylic acids is 4. The number of anilines is 2. The predicted molar refractivity (Wildman–Crippen MR) is 176 cm³/mol. The number of benzene rings is 2. The first-order chi connectivity index (χ1) is 18.1. The van der Waals surface area contributed by atoms with Crippen LogP contribution in [0, 0.1) is 7.14 Å². The molecule has 0 bridgehead atoms. The molecular weight excluding hydrogens is 790 g/mol. The van der Waals surface area contributed by atoms with Crippen LogP contribution in [0.2, 0.25) is 0 Å². The third-order valence-corrected chi connectivity index (χ3v) is 9.75. The second-order valence-electron chi connectivity index (χ2n) is 7.92. The number of hydrogen-bond donors (Lipinski definition) is 2. The number of halogens is 2. The lowest BCUT2D eigenvalue weighted by atomic mass is 10.3. The zero-order chi connectivity index (χ0) is 27.4. The monoisotopic (exact) mass is 808 g/mol. The topological polar surface area (TPSA) is 98.8 Å². The Kier molecular flexibility index (Phi) is 10.2. The maximum absolute atomic E-state index is 13.1. The van der Waals surface area contributed by atoms with Crippen LogP contribution in [-0.4, -0.2) is 55.2 Å². The number of nitrogens with one attached hydrogen (secondary N) is 2. The van der Waals surface area contributed by atoms with Gasteiger partial charge in [0.25, 0.3) is 11.8 Å². The van der Waals surface area contributed by atoms with Crippen LogP contribution in [0.25, 0.3) is 0 Å². The number of rotatable bonds is 8. The lowest BCUT2D eigenvalue weighted by Gasteiger charge is -2.15. The fourth-order valence-corrected chi connectivity index (χ4v) is 6.89. The van der Waals surface area contributed by atoms with Gasteiger partial charge in [-0.25, -0.2) is 0 Å². The molecule has 0 spiro atoms. The van der Waals surface area contributed by atoms with Crippen molar-refractivity contribution in [3.63, 3.8) is 0 Å². The van der Waals surface area contributed by atoms with Crippen LogP contribution < -0.4 is 10.6 Å². The number of nitrogens with zero attached hydrogens (tertiary/aromatic N) is 2. The standard InChI is InChI=1S/C24H18I2N4O4S4/c25-13-1-5-15(6-2-13)27-17(31)9-11-29-21(33)19(37-23(29)35)20-22(34)30(24(36)38-20)12-10-18(32)28-16-7-3-14(26)4-8-16/h1-8H,9-12H2,(H,27,31)(H,28,32)/b20-19+. The molecule has 196 valence electrons. The first kappa shape index (κ1) is 29.4. The average Bonchev–Trinajstić information content (AvgIpc) is 3.32. The van der Waals surface area contributed by atoms with Gasteiger partial charge in [0, 0.05) is 44.4 Å². The van der Waals surface area contributed by atoms with Crippen LogP contribution in [0.3, 0.4) is 0 Å². The van der Waals surface area contributed by atoms with Gasteiger partial charge >= 0.3 is 0 Å². The number of carbonyl (C=O) groups is 4. The van der Waals surface area contributed by atoms with Gasteiger partial charge in [0.05, 0.1) is 9.81 Å². The van der Waals surface area contributed by atoms with Gasteiger partial charge in [-0.15, -0.1) is 0 Å². The highest BCUT2D eigenvalue weighted by Gasteiger charge is 2.42. The molecule has 2 aliphatic rings. The molecule has 2 aromatic rings. The van der Waals surface area contributed by atoms with Gasteiger partial charge in [0.15, 0.2) is 0 Å². The van der Waals surface area contributed by atoms with Gasteiger partial charge < -0.3 is 10.6 Å². The van der Waals surface area contributed by atoms with Crippen LogP contribution >= 0.6 is 93.1 Å². The zero-order valence-corrected chi connectivity index (χ0v) is 26.9. The van der Waals surface area contributed by atoms with Crippen LogP contribution in [0.4, 0.5) is 11.4 Å². The summed E-state index contributed by atoms with van der Waals surface area (Å²) in [6.45, 7) is 0.173. The van der Waals surface area contributed by atoms with Crippen molar-refractivity contribution in [1.82, 2.24) is 9.80 Å². The molecular formula is C24H18I2N4O4S4. The van der Waals surface area contributed by atoms with Crippen molar-refractivity contribution < 1.29 is 19.2 Å². The molecule has 0 aromatic heterocycles. The second-order valence-corrected chi connectivity index (χ2v) is 13.7. The summed E-state index contributed by atoms with van der Waals surface area (Å²) in [5.74, 6) is -1.37. The fraction of sp³-hybridized carbons (Fsp3) is 0.167. The fourth-order valence-electron chi connectivity index (χ4n) is 3.40. The molecule has 0 atom stereocenters. The molecule has 2 aliphatic heterocycles. The third kappa shape index (κ3) is 7.32. The lowest BCUT2D eigenvalue weighted by Crippen LogP contribution is -2.33. The van der Waals surface area contributed by atoms with Gasteiger partial charge in [-0.3, -0.25) is 29.0 Å². The molecule has 2 saturated heterocycles. The van der Waals surface area contributed by atoms with E-state index < -0.39 is 11.8 Å². The minimum absolute atomic E-state index is 0.0440. The summed E-state index contributed by atoms with van der Waals surface area (Å²) in [5, 5.41) is 5.58. The molecule has 4 amide bonds. The molecule has 0 saturated carbocycles. The molecule has 2 fully saturated rings. The van der Waals surface area contributed by atoms with Crippen molar-refractivity contribution in [2.45, 2.75) is 12.8 Å². The summed E-state index contributed by atoms with van der Waals surface area (Å²) < 4.78 is 2.64. The average molecular weight is 809 g/mol. The van der Waals surface area contributed by atoms with Crippen LogP contribution in [0.15, 0.2) is 58.3 Å². The van der Waals surface area contributed by atoms with Crippen LogP contribution in [-0.2, 0) is 19.2 Å². The van der Waals surface area contributed by atoms with Crippen LogP contribution in [0.5, 0.6) is 0 Å². The first-order valence-corrected chi connectivity index (χ1v) is 15.7. The van der Waals surface area contributed by atoms with Crippen molar-refractivity contribution >= 4 is 137 Å². The molecule has 0 unspecified atom stereocenters. The molecule has 38 heavy (non-hydrogen) atoms. The second kappa shape index (κ2) is 13.2. The van der Waals surface area contributed by atoms with Crippen molar-refractivity contribution in [3.8, 4) is 0 Å². The van der Waals surface area contributed by atoms with Gasteiger partial charge in [0.1, 0.15) is 8.64 Å². The molecule has 0 radical (unpaired) electrons. The minimum atomic E-state index is -0.431. The quantitative estimate of drug-likeness (QED) is 0.214. The summed E-state index contributed by atoms with van der Waals surface area (Å²) >= 11 is 17.1. The molecule has 2 aromatic carbocycles. The Bertz CT molecular complexity index is 1260. The Balaban J connectivity index is 1.34. The van der Waals surface area contributed by atoms with E-state index in [1.807, 2.05) is 24.3 Å². The van der Waals surface area contributed by atoms with E-state index in [0.717, 1.165) is 30.7 Å². The van der Waals surface area contributed by atoms with Crippen molar-refractivity contribution in [3.05, 3.63) is 65.5 Å². The Labute approximate surface area is 265 Å². The van der Waals surface area contributed by atoms with E-state index >= 15 is 0 Å². The van der Waals surface area contributed by atoms with Crippen molar-refractivity contribution in [2.75, 3.05) is 23.7 Å². The largest absolute Gasteiger partial charge is 0.326 e. The molecule has 8 nitrogen and oxygen atoms in total. The molecule has 2 heterocycles. The third-order valence-electron chi connectivity index (χ3n) is 5.29. The van der Waals surface area contributed by atoms with Gasteiger partial charge in [0.2, 0.25) is 11.8 Å². The summed E-state index contributed by atoms with van der Waals surface area (Å²) in [7, 11) is 0. The van der Waals surface area contributed by atoms with Gasteiger partial charge in [-0.2, -0.15) is 0 Å². The Hall–Kier alpha value is -1.60. The maximum atomic E-state index is 13.1. The smallest absolute Gasteiger partial charge is 0.267 e. The first-order valence-electron chi connectivity index (χ1n) is 11.0. The molecule has 0 aliphatic carbocycles. The Morgan fingerprint density at radius 1 is 0.684 bits per heavy atom. The Morgan fingerprint density at radius 3 is 1.37 bits per heavy atom. The van der Waals surface area contributed by atoms with Crippen molar-refractivity contribution in [1.29, 1.82) is 0 Å². The van der Waals surface area contributed by atoms with E-state index in [0.29, 0.717) is 11.4 Å². The SMILES string of the molecule is O=C(CCN1C(=O)/C(=C2\SC(=S)N(CCC(=O)Nc3ccc(I)cc3)C2=O)SC1=S)Nc1ccc(I)cc1. The highest BCUT2D eigenvalue weighted by atomic mass is 127. The number of thioether (sulfide) groups is 2. The van der Waals surface area contributed by atoms with Gasteiger partial charge in [-0.1, -0.05) is 48.0 Å². The van der Waals surface area contributed by atoms with Gasteiger partial charge in [-0.05, 0) is 93.7 Å².